The van der Waals surface area contributed by atoms with Gasteiger partial charge in [0.1, 0.15) is 0 Å². The van der Waals surface area contributed by atoms with Gasteiger partial charge in [0.05, 0.1) is 5.54 Å². The summed E-state index contributed by atoms with van der Waals surface area (Å²) in [5.41, 5.74) is 2.40. The predicted molar refractivity (Wildman–Crippen MR) is 84.4 cm³/mol. The summed E-state index contributed by atoms with van der Waals surface area (Å²) in [5, 5.41) is 6.49. The van der Waals surface area contributed by atoms with E-state index >= 15 is 0 Å². The number of hydrogen-bond acceptors (Lipinski definition) is 3. The van der Waals surface area contributed by atoms with Crippen molar-refractivity contribution in [2.45, 2.75) is 31.7 Å². The van der Waals surface area contributed by atoms with E-state index in [-0.39, 0.29) is 5.91 Å². The molecule has 0 radical (unpaired) electrons. The molecule has 1 fully saturated rings. The topological polar surface area (TPSA) is 44.4 Å². The SMILES string of the molecule is CC(C)(C(=O)NCC1Cc2ccccc21)N1CCNCC1. The third-order valence-electron chi connectivity index (χ3n) is 4.93. The van der Waals surface area contributed by atoms with Crippen molar-refractivity contribution in [1.82, 2.24) is 15.5 Å². The first-order valence-corrected chi connectivity index (χ1v) is 7.91. The number of amides is 1. The lowest BCUT2D eigenvalue weighted by Gasteiger charge is -2.40. The van der Waals surface area contributed by atoms with Gasteiger partial charge in [-0.3, -0.25) is 9.69 Å². The molecule has 1 unspecified atom stereocenters. The van der Waals surface area contributed by atoms with Gasteiger partial charge in [0.15, 0.2) is 0 Å². The first kappa shape index (κ1) is 14.5. The number of piperazine rings is 1. The zero-order valence-corrected chi connectivity index (χ0v) is 13.0. The summed E-state index contributed by atoms with van der Waals surface area (Å²) in [7, 11) is 0. The standard InChI is InChI=1S/C17H25N3O/c1-17(2,20-9-7-18-8-10-20)16(21)19-12-14-11-13-5-3-4-6-15(13)14/h3-6,14,18H,7-12H2,1-2H3,(H,19,21). The third-order valence-corrected chi connectivity index (χ3v) is 4.93. The minimum Gasteiger partial charge on any atom is -0.354 e. The van der Waals surface area contributed by atoms with Crippen LogP contribution in [0.2, 0.25) is 0 Å². The zero-order valence-electron chi connectivity index (χ0n) is 13.0. The Morgan fingerprint density at radius 2 is 2.05 bits per heavy atom. The molecule has 1 heterocycles. The van der Waals surface area contributed by atoms with Crippen molar-refractivity contribution < 1.29 is 4.79 Å². The average molecular weight is 287 g/mol. The van der Waals surface area contributed by atoms with Crippen LogP contribution in [0, 0.1) is 0 Å². The van der Waals surface area contributed by atoms with Gasteiger partial charge in [-0.2, -0.15) is 0 Å². The Hall–Kier alpha value is -1.39. The molecule has 0 spiro atoms. The Bertz CT molecular complexity index is 521. The Labute approximate surface area is 126 Å². The highest BCUT2D eigenvalue weighted by molar-refractivity contribution is 5.85. The van der Waals surface area contributed by atoms with Crippen molar-refractivity contribution in [2.24, 2.45) is 0 Å². The number of fused-ring (bicyclic) bond motifs is 1. The molecular weight excluding hydrogens is 262 g/mol. The number of carbonyl (C=O) groups is 1. The van der Waals surface area contributed by atoms with Crippen LogP contribution in [0.5, 0.6) is 0 Å². The highest BCUT2D eigenvalue weighted by atomic mass is 16.2. The molecule has 114 valence electrons. The highest BCUT2D eigenvalue weighted by Gasteiger charge is 2.36. The first-order valence-electron chi connectivity index (χ1n) is 7.91. The van der Waals surface area contributed by atoms with E-state index in [4.69, 9.17) is 0 Å². The molecule has 4 heteroatoms. The van der Waals surface area contributed by atoms with Crippen LogP contribution in [0.3, 0.4) is 0 Å². The second kappa shape index (κ2) is 5.78. The van der Waals surface area contributed by atoms with E-state index < -0.39 is 5.54 Å². The van der Waals surface area contributed by atoms with Crippen molar-refractivity contribution in [3.05, 3.63) is 35.4 Å². The molecule has 1 saturated heterocycles. The fourth-order valence-corrected chi connectivity index (χ4v) is 3.34. The molecule has 0 aromatic heterocycles. The number of nitrogens with zero attached hydrogens (tertiary/aromatic N) is 1. The van der Waals surface area contributed by atoms with Gasteiger partial charge in [0, 0.05) is 38.6 Å². The monoisotopic (exact) mass is 287 g/mol. The van der Waals surface area contributed by atoms with E-state index in [2.05, 4.69) is 39.8 Å². The third kappa shape index (κ3) is 2.83. The van der Waals surface area contributed by atoms with Gasteiger partial charge >= 0.3 is 0 Å². The second-order valence-corrected chi connectivity index (χ2v) is 6.61. The van der Waals surface area contributed by atoms with Gasteiger partial charge in [0.2, 0.25) is 5.91 Å². The minimum absolute atomic E-state index is 0.147. The Kier molecular flexibility index (Phi) is 4.00. The quantitative estimate of drug-likeness (QED) is 0.872. The molecule has 1 atom stereocenters. The van der Waals surface area contributed by atoms with Crippen LogP contribution in [0.15, 0.2) is 24.3 Å². The molecule has 0 saturated carbocycles. The first-order chi connectivity index (χ1) is 10.1. The summed E-state index contributed by atoms with van der Waals surface area (Å²) in [6, 6.07) is 8.52. The van der Waals surface area contributed by atoms with E-state index in [9.17, 15) is 4.79 Å². The van der Waals surface area contributed by atoms with E-state index in [1.54, 1.807) is 0 Å². The summed E-state index contributed by atoms with van der Waals surface area (Å²) in [4.78, 5) is 14.8. The molecule has 1 aliphatic carbocycles. The maximum Gasteiger partial charge on any atom is 0.239 e. The lowest BCUT2D eigenvalue weighted by Crippen LogP contribution is -2.60. The van der Waals surface area contributed by atoms with Crippen LogP contribution in [0.4, 0.5) is 0 Å². The molecule has 3 rings (SSSR count). The predicted octanol–water partition coefficient (Wildman–Crippen LogP) is 1.13. The number of nitrogens with one attached hydrogen (secondary N) is 2. The van der Waals surface area contributed by atoms with Crippen LogP contribution in [-0.4, -0.2) is 49.1 Å². The number of carbonyl (C=O) groups excluding carboxylic acids is 1. The van der Waals surface area contributed by atoms with E-state index in [1.807, 2.05) is 13.8 Å². The maximum absolute atomic E-state index is 12.5. The van der Waals surface area contributed by atoms with Crippen molar-refractivity contribution in [3.8, 4) is 0 Å². The Morgan fingerprint density at radius 1 is 1.33 bits per heavy atom. The molecule has 0 bridgehead atoms. The van der Waals surface area contributed by atoms with E-state index in [1.165, 1.54) is 11.1 Å². The summed E-state index contributed by atoms with van der Waals surface area (Å²) in [6.45, 7) is 8.62. The van der Waals surface area contributed by atoms with Crippen molar-refractivity contribution in [1.29, 1.82) is 0 Å². The summed E-state index contributed by atoms with van der Waals surface area (Å²) >= 11 is 0. The largest absolute Gasteiger partial charge is 0.354 e. The van der Waals surface area contributed by atoms with Crippen LogP contribution >= 0.6 is 0 Å². The van der Waals surface area contributed by atoms with Crippen LogP contribution < -0.4 is 10.6 Å². The maximum atomic E-state index is 12.5. The lowest BCUT2D eigenvalue weighted by molar-refractivity contribution is -0.132. The Morgan fingerprint density at radius 3 is 2.76 bits per heavy atom. The fourth-order valence-electron chi connectivity index (χ4n) is 3.34. The van der Waals surface area contributed by atoms with Gasteiger partial charge in [-0.25, -0.2) is 0 Å². The summed E-state index contributed by atoms with van der Waals surface area (Å²) in [6.07, 6.45) is 1.09. The van der Waals surface area contributed by atoms with Crippen molar-refractivity contribution in [3.63, 3.8) is 0 Å². The fraction of sp³-hybridized carbons (Fsp3) is 0.588. The van der Waals surface area contributed by atoms with Gasteiger partial charge < -0.3 is 10.6 Å². The van der Waals surface area contributed by atoms with Gasteiger partial charge in [-0.15, -0.1) is 0 Å². The average Bonchev–Trinajstić information content (AvgIpc) is 2.49. The summed E-state index contributed by atoms with van der Waals surface area (Å²) in [5.74, 6) is 0.637. The molecule has 21 heavy (non-hydrogen) atoms. The van der Waals surface area contributed by atoms with E-state index in [0.29, 0.717) is 5.92 Å². The molecule has 4 nitrogen and oxygen atoms in total. The van der Waals surface area contributed by atoms with Gasteiger partial charge in [-0.1, -0.05) is 24.3 Å². The summed E-state index contributed by atoms with van der Waals surface area (Å²) < 4.78 is 0. The zero-order chi connectivity index (χ0) is 14.9. The highest BCUT2D eigenvalue weighted by Crippen LogP contribution is 2.34. The number of benzene rings is 1. The van der Waals surface area contributed by atoms with Crippen LogP contribution in [0.1, 0.15) is 30.9 Å². The molecule has 2 aliphatic rings. The molecule has 2 N–H and O–H groups in total. The van der Waals surface area contributed by atoms with Crippen molar-refractivity contribution >= 4 is 5.91 Å². The van der Waals surface area contributed by atoms with Gasteiger partial charge in [0.25, 0.3) is 0 Å². The number of hydrogen-bond donors (Lipinski definition) is 2. The van der Waals surface area contributed by atoms with Crippen LogP contribution in [-0.2, 0) is 11.2 Å². The molecule has 1 aromatic carbocycles. The van der Waals surface area contributed by atoms with Gasteiger partial charge in [-0.05, 0) is 31.4 Å². The lowest BCUT2D eigenvalue weighted by atomic mass is 9.77. The smallest absolute Gasteiger partial charge is 0.239 e. The normalized spacial score (nSPS) is 22.3. The molecule has 1 aliphatic heterocycles. The molecule has 1 amide bonds. The molecule has 1 aromatic rings. The van der Waals surface area contributed by atoms with E-state index in [0.717, 1.165) is 39.1 Å². The second-order valence-electron chi connectivity index (χ2n) is 6.61. The number of rotatable bonds is 4. The minimum atomic E-state index is -0.425. The molecular formula is C17H25N3O. The Balaban J connectivity index is 1.54. The van der Waals surface area contributed by atoms with Crippen molar-refractivity contribution in [2.75, 3.05) is 32.7 Å². The van der Waals surface area contributed by atoms with Crippen LogP contribution in [0.25, 0.3) is 0 Å².